The predicted octanol–water partition coefficient (Wildman–Crippen LogP) is 0.129. The fourth-order valence-corrected chi connectivity index (χ4v) is 1.65. The first kappa shape index (κ1) is 13.2. The zero-order valence-electron chi connectivity index (χ0n) is 10.7. The van der Waals surface area contributed by atoms with Crippen molar-refractivity contribution in [1.82, 2.24) is 25.5 Å². The van der Waals surface area contributed by atoms with Crippen molar-refractivity contribution >= 4 is 5.91 Å². The summed E-state index contributed by atoms with van der Waals surface area (Å²) in [6.07, 6.45) is 2.19. The van der Waals surface area contributed by atoms with Crippen molar-refractivity contribution in [3.8, 4) is 5.69 Å². The quantitative estimate of drug-likeness (QED) is 0.796. The molecule has 7 nitrogen and oxygen atoms in total. The first-order valence-electron chi connectivity index (χ1n) is 6.04. The fourth-order valence-electron chi connectivity index (χ4n) is 1.65. The van der Waals surface area contributed by atoms with E-state index in [2.05, 4.69) is 20.8 Å². The number of hydrogen-bond donors (Lipinski definition) is 2. The van der Waals surface area contributed by atoms with E-state index in [9.17, 15) is 4.79 Å². The maximum Gasteiger partial charge on any atom is 0.253 e. The number of hydrogen-bond acceptors (Lipinski definition) is 5. The number of carbonyl (C=O) groups is 1. The zero-order valence-corrected chi connectivity index (χ0v) is 10.7. The number of benzene rings is 1. The fraction of sp³-hybridized carbons (Fsp3) is 0.333. The van der Waals surface area contributed by atoms with Gasteiger partial charge >= 0.3 is 0 Å². The van der Waals surface area contributed by atoms with Crippen LogP contribution >= 0.6 is 0 Å². The van der Waals surface area contributed by atoms with Crippen molar-refractivity contribution < 1.29 is 4.79 Å². The molecule has 3 N–H and O–H groups in total. The molecule has 1 heterocycles. The maximum absolute atomic E-state index is 12.1. The number of nitrogens with one attached hydrogen (secondary N) is 1. The smallest absolute Gasteiger partial charge is 0.253 e. The Morgan fingerprint density at radius 2 is 2.26 bits per heavy atom. The van der Waals surface area contributed by atoms with Crippen LogP contribution in [0.15, 0.2) is 30.6 Å². The molecule has 19 heavy (non-hydrogen) atoms. The Balaban J connectivity index is 2.14. The van der Waals surface area contributed by atoms with E-state index in [0.29, 0.717) is 17.8 Å². The molecular formula is C12H16N6O. The molecular weight excluding hydrogens is 244 g/mol. The first-order chi connectivity index (χ1) is 9.18. The molecule has 1 amide bonds. The minimum absolute atomic E-state index is 0.0649. The van der Waals surface area contributed by atoms with Gasteiger partial charge in [-0.3, -0.25) is 4.79 Å². The molecule has 0 aliphatic carbocycles. The average Bonchev–Trinajstić information content (AvgIpc) is 2.92. The molecule has 100 valence electrons. The molecule has 1 aromatic carbocycles. The molecule has 0 aliphatic heterocycles. The molecule has 0 aliphatic rings. The van der Waals surface area contributed by atoms with Gasteiger partial charge in [0.15, 0.2) is 0 Å². The van der Waals surface area contributed by atoms with Crippen LogP contribution in [0, 0.1) is 0 Å². The van der Waals surface area contributed by atoms with Gasteiger partial charge in [-0.1, -0.05) is 12.1 Å². The number of nitrogens with zero attached hydrogens (tertiary/aromatic N) is 4. The Hall–Kier alpha value is -2.28. The number of rotatable bonds is 5. The van der Waals surface area contributed by atoms with E-state index < -0.39 is 0 Å². The monoisotopic (exact) mass is 260 g/mol. The summed E-state index contributed by atoms with van der Waals surface area (Å²) < 4.78 is 1.46. The summed E-state index contributed by atoms with van der Waals surface area (Å²) >= 11 is 0. The first-order valence-corrected chi connectivity index (χ1v) is 6.04. The number of tetrazole rings is 1. The largest absolute Gasteiger partial charge is 0.352 e. The van der Waals surface area contributed by atoms with E-state index in [1.807, 2.05) is 13.0 Å². The van der Waals surface area contributed by atoms with Gasteiger partial charge in [0.2, 0.25) is 0 Å². The molecule has 1 unspecified atom stereocenters. The van der Waals surface area contributed by atoms with E-state index in [1.165, 1.54) is 11.0 Å². The number of nitrogens with two attached hydrogens (primary N) is 1. The highest BCUT2D eigenvalue weighted by atomic mass is 16.1. The highest BCUT2D eigenvalue weighted by Crippen LogP contribution is 2.12. The molecule has 0 fully saturated rings. The highest BCUT2D eigenvalue weighted by Gasteiger charge is 2.12. The van der Waals surface area contributed by atoms with Gasteiger partial charge in [0.25, 0.3) is 5.91 Å². The van der Waals surface area contributed by atoms with E-state index in [1.54, 1.807) is 18.2 Å². The van der Waals surface area contributed by atoms with E-state index in [4.69, 9.17) is 5.73 Å². The third-order valence-electron chi connectivity index (χ3n) is 2.63. The summed E-state index contributed by atoms with van der Waals surface area (Å²) in [5.41, 5.74) is 6.81. The van der Waals surface area contributed by atoms with Crippen molar-refractivity contribution in [2.45, 2.75) is 19.4 Å². The Bertz CT molecular complexity index is 537. The van der Waals surface area contributed by atoms with Crippen LogP contribution in [-0.4, -0.2) is 38.7 Å². The van der Waals surface area contributed by atoms with Crippen molar-refractivity contribution in [2.75, 3.05) is 6.54 Å². The van der Waals surface area contributed by atoms with Crippen LogP contribution in [0.2, 0.25) is 0 Å². The molecule has 0 spiro atoms. The van der Waals surface area contributed by atoms with Crippen LogP contribution in [0.3, 0.4) is 0 Å². The van der Waals surface area contributed by atoms with Crippen LogP contribution < -0.4 is 11.1 Å². The predicted molar refractivity (Wildman–Crippen MR) is 69.8 cm³/mol. The summed E-state index contributed by atoms with van der Waals surface area (Å²) in [6, 6.07) is 7.22. The highest BCUT2D eigenvalue weighted by molar-refractivity contribution is 5.97. The molecule has 1 atom stereocenters. The van der Waals surface area contributed by atoms with Gasteiger partial charge in [0.05, 0.1) is 11.3 Å². The van der Waals surface area contributed by atoms with Crippen LogP contribution in [0.25, 0.3) is 5.69 Å². The van der Waals surface area contributed by atoms with Crippen molar-refractivity contribution in [1.29, 1.82) is 0 Å². The molecule has 7 heteroatoms. The SMILES string of the molecule is CC(N)CCNC(=O)c1ccccc1-n1cnnn1. The van der Waals surface area contributed by atoms with Gasteiger partial charge in [0, 0.05) is 12.6 Å². The number of amides is 1. The standard InChI is InChI=1S/C12H16N6O/c1-9(13)6-7-14-12(19)10-4-2-3-5-11(10)18-8-15-16-17-18/h2-5,8-9H,6-7,13H2,1H3,(H,14,19). The Kier molecular flexibility index (Phi) is 4.19. The van der Waals surface area contributed by atoms with Gasteiger partial charge in [-0.15, -0.1) is 5.10 Å². The Morgan fingerprint density at radius 1 is 1.47 bits per heavy atom. The van der Waals surface area contributed by atoms with Crippen LogP contribution in [0.1, 0.15) is 23.7 Å². The number of aromatic nitrogens is 4. The number of para-hydroxylation sites is 1. The molecule has 0 saturated heterocycles. The average molecular weight is 260 g/mol. The number of carbonyl (C=O) groups excluding carboxylic acids is 1. The third-order valence-corrected chi connectivity index (χ3v) is 2.63. The van der Waals surface area contributed by atoms with Crippen LogP contribution in [0.4, 0.5) is 0 Å². The summed E-state index contributed by atoms with van der Waals surface area (Å²) in [5.74, 6) is -0.160. The van der Waals surface area contributed by atoms with Gasteiger partial charge in [-0.25, -0.2) is 0 Å². The lowest BCUT2D eigenvalue weighted by Gasteiger charge is -2.10. The maximum atomic E-state index is 12.1. The lowest BCUT2D eigenvalue weighted by molar-refractivity contribution is 0.0952. The molecule has 2 rings (SSSR count). The third kappa shape index (κ3) is 3.35. The van der Waals surface area contributed by atoms with E-state index in [0.717, 1.165) is 6.42 Å². The molecule has 2 aromatic rings. The molecule has 0 bridgehead atoms. The normalized spacial score (nSPS) is 12.1. The van der Waals surface area contributed by atoms with E-state index in [-0.39, 0.29) is 11.9 Å². The second kappa shape index (κ2) is 6.05. The minimum Gasteiger partial charge on any atom is -0.352 e. The Labute approximate surface area is 110 Å². The van der Waals surface area contributed by atoms with E-state index >= 15 is 0 Å². The molecule has 0 radical (unpaired) electrons. The lowest BCUT2D eigenvalue weighted by atomic mass is 10.1. The summed E-state index contributed by atoms with van der Waals surface area (Å²) in [7, 11) is 0. The summed E-state index contributed by atoms with van der Waals surface area (Å²) in [4.78, 5) is 12.1. The molecule has 1 aromatic heterocycles. The minimum atomic E-state index is -0.160. The van der Waals surface area contributed by atoms with Crippen LogP contribution in [0.5, 0.6) is 0 Å². The van der Waals surface area contributed by atoms with Crippen molar-refractivity contribution in [2.24, 2.45) is 5.73 Å². The summed E-state index contributed by atoms with van der Waals surface area (Å²) in [5, 5.41) is 13.8. The molecule has 0 saturated carbocycles. The van der Waals surface area contributed by atoms with Gasteiger partial charge in [-0.2, -0.15) is 4.68 Å². The van der Waals surface area contributed by atoms with Crippen LogP contribution in [-0.2, 0) is 0 Å². The van der Waals surface area contributed by atoms with Crippen molar-refractivity contribution in [3.05, 3.63) is 36.2 Å². The van der Waals surface area contributed by atoms with Gasteiger partial charge < -0.3 is 11.1 Å². The summed E-state index contributed by atoms with van der Waals surface area (Å²) in [6.45, 7) is 2.45. The van der Waals surface area contributed by atoms with Gasteiger partial charge in [-0.05, 0) is 35.9 Å². The second-order valence-electron chi connectivity index (χ2n) is 4.29. The topological polar surface area (TPSA) is 98.7 Å². The second-order valence-corrected chi connectivity index (χ2v) is 4.29. The Morgan fingerprint density at radius 3 is 2.95 bits per heavy atom. The van der Waals surface area contributed by atoms with Crippen molar-refractivity contribution in [3.63, 3.8) is 0 Å². The zero-order chi connectivity index (χ0) is 13.7. The lowest BCUT2D eigenvalue weighted by Crippen LogP contribution is -2.29. The van der Waals surface area contributed by atoms with Gasteiger partial charge in [0.1, 0.15) is 6.33 Å².